The van der Waals surface area contributed by atoms with Gasteiger partial charge in [-0.1, -0.05) is 50.6 Å². The Hall–Kier alpha value is -1.83. The summed E-state index contributed by atoms with van der Waals surface area (Å²) in [4.78, 5) is 15.3. The van der Waals surface area contributed by atoms with Crippen LogP contribution in [0, 0.1) is 6.92 Å². The maximum atomic E-state index is 13.3. The molecule has 2 aliphatic heterocycles. The number of carbonyl (C=O) groups is 1. The second-order valence-corrected chi connectivity index (χ2v) is 13.2. The maximum absolute atomic E-state index is 13.3. The monoisotopic (exact) mass is 472 g/mol. The van der Waals surface area contributed by atoms with E-state index in [4.69, 9.17) is 0 Å². The first kappa shape index (κ1) is 23.3. The van der Waals surface area contributed by atoms with Gasteiger partial charge in [0.05, 0.1) is 9.77 Å². The van der Waals surface area contributed by atoms with E-state index in [0.29, 0.717) is 42.9 Å². The van der Waals surface area contributed by atoms with Crippen molar-refractivity contribution in [3.8, 4) is 0 Å². The zero-order valence-electron chi connectivity index (χ0n) is 19.3. The van der Waals surface area contributed by atoms with Gasteiger partial charge in [-0.05, 0) is 55.0 Å². The number of nitrogens with zero attached hydrogens (tertiary/aromatic N) is 2. The van der Waals surface area contributed by atoms with E-state index in [1.807, 2.05) is 48.2 Å². The molecule has 0 aromatic heterocycles. The summed E-state index contributed by atoms with van der Waals surface area (Å²) in [6.07, 6.45) is 1.29. The topological polar surface area (TPSA) is 57.7 Å². The van der Waals surface area contributed by atoms with Gasteiger partial charge in [0.1, 0.15) is 0 Å². The van der Waals surface area contributed by atoms with Crippen LogP contribution in [0.1, 0.15) is 55.1 Å². The molecule has 172 valence electrons. The van der Waals surface area contributed by atoms with Crippen LogP contribution in [0.4, 0.5) is 0 Å². The average Bonchev–Trinajstić information content (AvgIpc) is 3.15. The molecule has 5 nitrogen and oxygen atoms in total. The predicted octanol–water partition coefficient (Wildman–Crippen LogP) is 4.66. The van der Waals surface area contributed by atoms with E-state index < -0.39 is 10.0 Å². The Morgan fingerprint density at radius 2 is 1.66 bits per heavy atom. The van der Waals surface area contributed by atoms with Crippen LogP contribution in [-0.2, 0) is 15.4 Å². The first-order chi connectivity index (χ1) is 15.0. The molecule has 2 saturated heterocycles. The lowest BCUT2D eigenvalue weighted by atomic mass is 9.87. The first-order valence-corrected chi connectivity index (χ1v) is 13.6. The number of hydrogen-bond acceptors (Lipinski definition) is 4. The van der Waals surface area contributed by atoms with Crippen molar-refractivity contribution in [1.29, 1.82) is 0 Å². The van der Waals surface area contributed by atoms with Crippen molar-refractivity contribution in [2.45, 2.75) is 55.7 Å². The van der Waals surface area contributed by atoms with E-state index in [1.165, 1.54) is 0 Å². The third kappa shape index (κ3) is 4.35. The molecule has 4 rings (SSSR count). The lowest BCUT2D eigenvalue weighted by Gasteiger charge is -2.43. The minimum atomic E-state index is -3.55. The fraction of sp³-hybridized carbons (Fsp3) is 0.480. The maximum Gasteiger partial charge on any atom is 0.255 e. The Morgan fingerprint density at radius 1 is 1.00 bits per heavy atom. The average molecular weight is 473 g/mol. The summed E-state index contributed by atoms with van der Waals surface area (Å²) >= 11 is 1.80. The molecule has 2 fully saturated rings. The van der Waals surface area contributed by atoms with E-state index in [1.54, 1.807) is 28.2 Å². The molecule has 32 heavy (non-hydrogen) atoms. The second-order valence-electron chi connectivity index (χ2n) is 9.80. The summed E-state index contributed by atoms with van der Waals surface area (Å²) in [5.41, 5.74) is 2.87. The van der Waals surface area contributed by atoms with Crippen molar-refractivity contribution < 1.29 is 13.2 Å². The number of carbonyl (C=O) groups excluding carboxylic acids is 1. The highest BCUT2D eigenvalue weighted by molar-refractivity contribution is 8.00. The summed E-state index contributed by atoms with van der Waals surface area (Å²) in [5.74, 6) is 0.936. The minimum absolute atomic E-state index is 0.0210. The number of benzene rings is 2. The summed E-state index contributed by atoms with van der Waals surface area (Å²) < 4.78 is 28.1. The highest BCUT2D eigenvalue weighted by Crippen LogP contribution is 2.45. The van der Waals surface area contributed by atoms with Gasteiger partial charge in [0.25, 0.3) is 5.91 Å². The van der Waals surface area contributed by atoms with E-state index >= 15 is 0 Å². The third-order valence-electron chi connectivity index (χ3n) is 6.55. The van der Waals surface area contributed by atoms with Crippen LogP contribution in [0.2, 0.25) is 0 Å². The number of piperidine rings is 1. The Kier molecular flexibility index (Phi) is 6.20. The van der Waals surface area contributed by atoms with Crippen LogP contribution in [-0.4, -0.2) is 53.8 Å². The van der Waals surface area contributed by atoms with Crippen molar-refractivity contribution in [3.05, 3.63) is 65.2 Å². The van der Waals surface area contributed by atoms with Gasteiger partial charge in [-0.25, -0.2) is 8.42 Å². The number of aryl methyl sites for hydroxylation is 1. The van der Waals surface area contributed by atoms with Gasteiger partial charge in [0, 0.05) is 31.0 Å². The van der Waals surface area contributed by atoms with Gasteiger partial charge >= 0.3 is 0 Å². The molecule has 2 aromatic rings. The van der Waals surface area contributed by atoms with Crippen molar-refractivity contribution in [2.24, 2.45) is 0 Å². The van der Waals surface area contributed by atoms with Gasteiger partial charge in [0.15, 0.2) is 0 Å². The molecule has 2 aromatic carbocycles. The lowest BCUT2D eigenvalue weighted by Crippen LogP contribution is -2.53. The number of amides is 1. The molecule has 1 spiro atoms. The standard InChI is InChI=1S/C25H32N2O3S2/c1-19-6-5-7-20(18-19)23(28)27-16-17-31-25(27)12-14-26(15-13-25)32(29,30)22-10-8-21(9-11-22)24(2,3)4/h5-11,18H,12-17H2,1-4H3. The highest BCUT2D eigenvalue weighted by Gasteiger charge is 2.48. The quantitative estimate of drug-likeness (QED) is 0.652. The number of sulfonamides is 1. The molecular weight excluding hydrogens is 440 g/mol. The molecule has 0 radical (unpaired) electrons. The number of thioether (sulfide) groups is 1. The van der Waals surface area contributed by atoms with Crippen LogP contribution in [0.25, 0.3) is 0 Å². The van der Waals surface area contributed by atoms with Gasteiger partial charge in [-0.15, -0.1) is 11.8 Å². The zero-order valence-corrected chi connectivity index (χ0v) is 20.9. The number of rotatable bonds is 3. The molecule has 0 atom stereocenters. The minimum Gasteiger partial charge on any atom is -0.323 e. The van der Waals surface area contributed by atoms with Crippen LogP contribution in [0.3, 0.4) is 0 Å². The molecule has 0 aliphatic carbocycles. The molecule has 2 heterocycles. The van der Waals surface area contributed by atoms with E-state index in [-0.39, 0.29) is 16.2 Å². The van der Waals surface area contributed by atoms with E-state index in [0.717, 1.165) is 16.9 Å². The summed E-state index contributed by atoms with van der Waals surface area (Å²) in [7, 11) is -3.55. The summed E-state index contributed by atoms with van der Waals surface area (Å²) in [6.45, 7) is 9.89. The molecule has 2 aliphatic rings. The molecule has 0 bridgehead atoms. The van der Waals surface area contributed by atoms with Crippen LogP contribution in [0.15, 0.2) is 53.4 Å². The van der Waals surface area contributed by atoms with Gasteiger partial charge in [-0.2, -0.15) is 4.31 Å². The van der Waals surface area contributed by atoms with Crippen molar-refractivity contribution in [3.63, 3.8) is 0 Å². The van der Waals surface area contributed by atoms with Crippen molar-refractivity contribution >= 4 is 27.7 Å². The van der Waals surface area contributed by atoms with E-state index in [9.17, 15) is 13.2 Å². The van der Waals surface area contributed by atoms with Crippen molar-refractivity contribution in [1.82, 2.24) is 9.21 Å². The van der Waals surface area contributed by atoms with Crippen molar-refractivity contribution in [2.75, 3.05) is 25.4 Å². The molecule has 0 unspecified atom stereocenters. The van der Waals surface area contributed by atoms with Gasteiger partial charge in [-0.3, -0.25) is 4.79 Å². The fourth-order valence-electron chi connectivity index (χ4n) is 4.60. The smallest absolute Gasteiger partial charge is 0.255 e. The predicted molar refractivity (Wildman–Crippen MR) is 131 cm³/mol. The highest BCUT2D eigenvalue weighted by atomic mass is 32.2. The second kappa shape index (κ2) is 8.50. The van der Waals surface area contributed by atoms with Gasteiger partial charge < -0.3 is 4.90 Å². The normalized spacial score (nSPS) is 19.4. The van der Waals surface area contributed by atoms with Crippen LogP contribution in [0.5, 0.6) is 0 Å². The first-order valence-electron chi connectivity index (χ1n) is 11.2. The molecule has 7 heteroatoms. The molecular formula is C25H32N2O3S2. The zero-order chi connectivity index (χ0) is 23.1. The fourth-order valence-corrected chi connectivity index (χ4v) is 7.49. The molecule has 0 N–H and O–H groups in total. The largest absolute Gasteiger partial charge is 0.323 e. The van der Waals surface area contributed by atoms with Crippen LogP contribution < -0.4 is 0 Å². The number of hydrogen-bond donors (Lipinski definition) is 0. The van der Waals surface area contributed by atoms with E-state index in [2.05, 4.69) is 20.8 Å². The van der Waals surface area contributed by atoms with Crippen LogP contribution >= 0.6 is 11.8 Å². The lowest BCUT2D eigenvalue weighted by molar-refractivity contribution is 0.0605. The molecule has 1 amide bonds. The Bertz CT molecular complexity index is 1100. The Balaban J connectivity index is 1.49. The Morgan fingerprint density at radius 3 is 2.25 bits per heavy atom. The molecule has 0 saturated carbocycles. The Labute approximate surface area is 196 Å². The SMILES string of the molecule is Cc1cccc(C(=O)N2CCSC23CCN(S(=O)(=O)c2ccc(C(C)(C)C)cc2)CC3)c1. The summed E-state index contributed by atoms with van der Waals surface area (Å²) in [6, 6.07) is 15.0. The van der Waals surface area contributed by atoms with Gasteiger partial charge in [0.2, 0.25) is 10.0 Å². The third-order valence-corrected chi connectivity index (χ3v) is 10.0. The summed E-state index contributed by atoms with van der Waals surface area (Å²) in [5, 5.41) is 0.